The molecule has 0 bridgehead atoms. The van der Waals surface area contributed by atoms with E-state index in [2.05, 4.69) is 4.98 Å². The summed E-state index contributed by atoms with van der Waals surface area (Å²) in [5, 5.41) is 0. The van der Waals surface area contributed by atoms with Crippen LogP contribution in [-0.4, -0.2) is 10.8 Å². The third-order valence-corrected chi connectivity index (χ3v) is 3.53. The third-order valence-electron chi connectivity index (χ3n) is 3.53. The van der Waals surface area contributed by atoms with Gasteiger partial charge in [-0.25, -0.2) is 0 Å². The molecule has 0 radical (unpaired) electrons. The summed E-state index contributed by atoms with van der Waals surface area (Å²) in [6.45, 7) is 3.16. The van der Waals surface area contributed by atoms with Gasteiger partial charge in [0.1, 0.15) is 0 Å². The van der Waals surface area contributed by atoms with E-state index in [0.29, 0.717) is 13.2 Å². The smallest absolute Gasteiger partial charge is 0.171 e. The van der Waals surface area contributed by atoms with E-state index in [-0.39, 0.29) is 11.7 Å². The molecule has 1 aliphatic rings. The monoisotopic (exact) mass is 253 g/mol. The third kappa shape index (κ3) is 2.29. The van der Waals surface area contributed by atoms with Gasteiger partial charge in [0.05, 0.1) is 24.8 Å². The molecule has 96 valence electrons. The van der Waals surface area contributed by atoms with E-state index >= 15 is 0 Å². The summed E-state index contributed by atoms with van der Waals surface area (Å²) in [7, 11) is 0. The quantitative estimate of drug-likeness (QED) is 0.789. The first-order valence-corrected chi connectivity index (χ1v) is 6.40. The van der Waals surface area contributed by atoms with Gasteiger partial charge in [0.2, 0.25) is 0 Å². The molecule has 1 aromatic heterocycles. The van der Waals surface area contributed by atoms with Crippen LogP contribution in [0.15, 0.2) is 42.6 Å². The van der Waals surface area contributed by atoms with Crippen molar-refractivity contribution in [2.75, 3.05) is 0 Å². The molecular formula is C16H15NO2. The second kappa shape index (κ2) is 4.94. The molecule has 0 aliphatic carbocycles. The largest absolute Gasteiger partial charge is 0.372 e. The Morgan fingerprint density at radius 3 is 2.84 bits per heavy atom. The zero-order valence-corrected chi connectivity index (χ0v) is 10.8. The predicted octanol–water partition coefficient (Wildman–Crippen LogP) is 3.10. The van der Waals surface area contributed by atoms with Gasteiger partial charge in [-0.1, -0.05) is 18.2 Å². The van der Waals surface area contributed by atoms with Crippen molar-refractivity contribution >= 4 is 5.78 Å². The van der Waals surface area contributed by atoms with Crippen LogP contribution < -0.4 is 0 Å². The minimum Gasteiger partial charge on any atom is -0.372 e. The van der Waals surface area contributed by atoms with Crippen LogP contribution in [-0.2, 0) is 18.0 Å². The van der Waals surface area contributed by atoms with Crippen molar-refractivity contribution in [3.05, 3.63) is 65.0 Å². The van der Waals surface area contributed by atoms with Crippen LogP contribution in [0.2, 0.25) is 0 Å². The zero-order valence-electron chi connectivity index (χ0n) is 10.8. The highest BCUT2D eigenvalue weighted by molar-refractivity contribution is 6.00. The molecule has 19 heavy (non-hydrogen) atoms. The number of benzene rings is 1. The van der Waals surface area contributed by atoms with Crippen LogP contribution in [0.25, 0.3) is 0 Å². The number of hydrogen-bond donors (Lipinski definition) is 0. The second-order valence-corrected chi connectivity index (χ2v) is 4.82. The van der Waals surface area contributed by atoms with E-state index in [0.717, 1.165) is 16.8 Å². The second-order valence-electron chi connectivity index (χ2n) is 4.82. The van der Waals surface area contributed by atoms with E-state index in [1.165, 1.54) is 5.56 Å². The Morgan fingerprint density at radius 2 is 2.05 bits per heavy atom. The molecule has 0 N–H and O–H groups in total. The Kier molecular flexibility index (Phi) is 3.13. The van der Waals surface area contributed by atoms with E-state index < -0.39 is 0 Å². The van der Waals surface area contributed by atoms with Crippen LogP contribution in [0.3, 0.4) is 0 Å². The number of Topliss-reactive ketones (excluding diaryl/α,β-unsaturated/α-hetero) is 1. The van der Waals surface area contributed by atoms with Gasteiger partial charge in [-0.2, -0.15) is 0 Å². The predicted molar refractivity (Wildman–Crippen MR) is 71.9 cm³/mol. The molecule has 0 spiro atoms. The Morgan fingerprint density at radius 1 is 1.21 bits per heavy atom. The average molecular weight is 253 g/mol. The van der Waals surface area contributed by atoms with Gasteiger partial charge in [-0.15, -0.1) is 0 Å². The van der Waals surface area contributed by atoms with Crippen molar-refractivity contribution in [2.24, 2.45) is 0 Å². The summed E-state index contributed by atoms with van der Waals surface area (Å²) >= 11 is 0. The number of hydrogen-bond acceptors (Lipinski definition) is 3. The summed E-state index contributed by atoms with van der Waals surface area (Å²) in [6.07, 6.45) is 1.72. The molecule has 3 nitrogen and oxygen atoms in total. The lowest BCUT2D eigenvalue weighted by atomic mass is 9.94. The Labute approximate surface area is 112 Å². The highest BCUT2D eigenvalue weighted by Gasteiger charge is 2.20. The lowest BCUT2D eigenvalue weighted by Gasteiger charge is -2.10. The van der Waals surface area contributed by atoms with Crippen LogP contribution in [0.5, 0.6) is 0 Å². The molecular weight excluding hydrogens is 238 g/mol. The Bertz CT molecular complexity index is 607. The van der Waals surface area contributed by atoms with Crippen molar-refractivity contribution < 1.29 is 9.53 Å². The number of ketones is 1. The molecule has 0 fully saturated rings. The number of fused-ring (bicyclic) bond motifs is 1. The minimum absolute atomic E-state index is 0.105. The maximum atomic E-state index is 12.5. The van der Waals surface area contributed by atoms with Crippen LogP contribution >= 0.6 is 0 Å². The van der Waals surface area contributed by atoms with Gasteiger partial charge in [-0.05, 0) is 36.2 Å². The summed E-state index contributed by atoms with van der Waals surface area (Å²) in [5.74, 6) is -0.116. The SMILES string of the molecule is CC(C(=O)c1ccc2c(c1)COC2)c1ccccn1. The topological polar surface area (TPSA) is 39.2 Å². The van der Waals surface area contributed by atoms with Crippen molar-refractivity contribution in [1.29, 1.82) is 0 Å². The summed E-state index contributed by atoms with van der Waals surface area (Å²) in [4.78, 5) is 16.7. The van der Waals surface area contributed by atoms with Gasteiger partial charge in [0.25, 0.3) is 0 Å². The van der Waals surface area contributed by atoms with E-state index in [1.807, 2.05) is 43.3 Å². The molecule has 0 amide bonds. The molecule has 3 heteroatoms. The molecule has 3 rings (SSSR count). The number of ether oxygens (including phenoxy) is 1. The summed E-state index contributed by atoms with van der Waals surface area (Å²) in [6, 6.07) is 11.5. The number of nitrogens with zero attached hydrogens (tertiary/aromatic N) is 1. The maximum absolute atomic E-state index is 12.5. The molecule has 0 saturated carbocycles. The van der Waals surface area contributed by atoms with Crippen molar-refractivity contribution in [2.45, 2.75) is 26.1 Å². The fourth-order valence-electron chi connectivity index (χ4n) is 2.34. The average Bonchev–Trinajstić information content (AvgIpc) is 2.94. The molecule has 1 atom stereocenters. The standard InChI is InChI=1S/C16H15NO2/c1-11(15-4-2-3-7-17-15)16(18)12-5-6-13-9-19-10-14(13)8-12/h2-8,11H,9-10H2,1H3. The molecule has 2 heterocycles. The van der Waals surface area contributed by atoms with Crippen molar-refractivity contribution in [3.8, 4) is 0 Å². The fraction of sp³-hybridized carbons (Fsp3) is 0.250. The van der Waals surface area contributed by atoms with Gasteiger partial charge in [0.15, 0.2) is 5.78 Å². The van der Waals surface area contributed by atoms with Gasteiger partial charge in [-0.3, -0.25) is 9.78 Å². The van der Waals surface area contributed by atoms with E-state index in [9.17, 15) is 4.79 Å². The van der Waals surface area contributed by atoms with Crippen LogP contribution in [0.1, 0.15) is 40.0 Å². The number of carbonyl (C=O) groups is 1. The van der Waals surface area contributed by atoms with Crippen LogP contribution in [0.4, 0.5) is 0 Å². The number of rotatable bonds is 3. The first-order valence-electron chi connectivity index (χ1n) is 6.40. The van der Waals surface area contributed by atoms with Gasteiger partial charge >= 0.3 is 0 Å². The van der Waals surface area contributed by atoms with Gasteiger partial charge < -0.3 is 4.74 Å². The van der Waals surface area contributed by atoms with Gasteiger partial charge in [0, 0.05) is 11.8 Å². The fourth-order valence-corrected chi connectivity index (χ4v) is 2.34. The van der Waals surface area contributed by atoms with E-state index in [1.54, 1.807) is 6.20 Å². The summed E-state index contributed by atoms with van der Waals surface area (Å²) in [5.41, 5.74) is 3.85. The Balaban J connectivity index is 1.88. The Hall–Kier alpha value is -2.00. The number of pyridine rings is 1. The highest BCUT2D eigenvalue weighted by atomic mass is 16.5. The van der Waals surface area contributed by atoms with Crippen molar-refractivity contribution in [1.82, 2.24) is 4.98 Å². The highest BCUT2D eigenvalue weighted by Crippen LogP contribution is 2.24. The molecule has 1 aliphatic heterocycles. The first-order chi connectivity index (χ1) is 9.25. The minimum atomic E-state index is -0.221. The lowest BCUT2D eigenvalue weighted by Crippen LogP contribution is -2.11. The molecule has 0 saturated heterocycles. The molecule has 2 aromatic rings. The number of carbonyl (C=O) groups excluding carboxylic acids is 1. The van der Waals surface area contributed by atoms with Crippen LogP contribution in [0, 0.1) is 0 Å². The first kappa shape index (κ1) is 12.1. The normalized spacial score (nSPS) is 15.0. The van der Waals surface area contributed by atoms with Crippen molar-refractivity contribution in [3.63, 3.8) is 0 Å². The molecule has 1 unspecified atom stereocenters. The van der Waals surface area contributed by atoms with E-state index in [4.69, 9.17) is 4.74 Å². The maximum Gasteiger partial charge on any atom is 0.171 e. The summed E-state index contributed by atoms with van der Waals surface area (Å²) < 4.78 is 5.37. The number of aromatic nitrogens is 1. The lowest BCUT2D eigenvalue weighted by molar-refractivity contribution is 0.0964. The zero-order chi connectivity index (χ0) is 13.2. The molecule has 1 aromatic carbocycles.